The second-order valence-corrected chi connectivity index (χ2v) is 11.3. The van der Waals surface area contributed by atoms with Crippen LogP contribution in [0.2, 0.25) is 0 Å². The Morgan fingerprint density at radius 2 is 1.71 bits per heavy atom. The van der Waals surface area contributed by atoms with E-state index in [2.05, 4.69) is 77.3 Å². The molecule has 1 fully saturated rings. The van der Waals surface area contributed by atoms with Crippen LogP contribution < -0.4 is 10.4 Å². The highest BCUT2D eigenvalue weighted by Gasteiger charge is 2.32. The predicted molar refractivity (Wildman–Crippen MR) is 139 cm³/mol. The van der Waals surface area contributed by atoms with Crippen molar-refractivity contribution in [1.29, 1.82) is 5.26 Å². The molecular weight excluding hydrogens is 438 g/mol. The molecule has 0 bridgehead atoms. The number of benzene rings is 1. The Hall–Kier alpha value is -3.02. The van der Waals surface area contributed by atoms with Gasteiger partial charge in [0.25, 0.3) is 0 Å². The van der Waals surface area contributed by atoms with Gasteiger partial charge in [-0.25, -0.2) is 4.98 Å². The lowest BCUT2D eigenvalue weighted by molar-refractivity contribution is -0.125. The molecule has 1 aliphatic rings. The molecule has 1 aromatic heterocycles. The average molecular weight is 478 g/mol. The number of likely N-dealkylation sites (N-methyl/N-ethyl adjacent to an activating group) is 1. The molecule has 2 heterocycles. The van der Waals surface area contributed by atoms with Gasteiger partial charge in [0.05, 0.1) is 5.41 Å². The standard InChI is InChI=1S/C27H39N7O/c1-20-16-24(30-23(17-28)29-20)34(19-26(2,3)4)31-25(35)27(5,6)22-10-8-21(9-11-22)18-33-14-12-32(7)13-15-33/h8-11,16H,12-15,18-19H2,1-7H3,(H,31,35). The minimum atomic E-state index is -0.761. The molecule has 0 atom stereocenters. The van der Waals surface area contributed by atoms with E-state index in [1.807, 2.05) is 26.8 Å². The number of rotatable bonds is 7. The van der Waals surface area contributed by atoms with Crippen molar-refractivity contribution >= 4 is 11.7 Å². The summed E-state index contributed by atoms with van der Waals surface area (Å²) in [6.07, 6.45) is 0. The van der Waals surface area contributed by atoms with Crippen molar-refractivity contribution in [3.05, 3.63) is 53.0 Å². The highest BCUT2D eigenvalue weighted by Crippen LogP contribution is 2.26. The summed E-state index contributed by atoms with van der Waals surface area (Å²) in [7, 11) is 2.16. The molecule has 0 saturated carbocycles. The van der Waals surface area contributed by atoms with Crippen LogP contribution in [0, 0.1) is 23.7 Å². The molecule has 0 unspecified atom stereocenters. The van der Waals surface area contributed by atoms with Crippen molar-refractivity contribution in [2.24, 2.45) is 5.41 Å². The fraction of sp³-hybridized carbons (Fsp3) is 0.556. The number of nitrogens with zero attached hydrogens (tertiary/aromatic N) is 6. The number of carbonyl (C=O) groups excluding carboxylic acids is 1. The van der Waals surface area contributed by atoms with Crippen LogP contribution in [0.1, 0.15) is 57.3 Å². The maximum Gasteiger partial charge on any atom is 0.248 e. The molecule has 2 aromatic rings. The Morgan fingerprint density at radius 1 is 1.09 bits per heavy atom. The molecule has 188 valence electrons. The van der Waals surface area contributed by atoms with E-state index in [1.54, 1.807) is 11.1 Å². The van der Waals surface area contributed by atoms with Gasteiger partial charge in [-0.3, -0.25) is 20.1 Å². The fourth-order valence-corrected chi connectivity index (χ4v) is 4.08. The Labute approximate surface area is 209 Å². The van der Waals surface area contributed by atoms with Crippen molar-refractivity contribution in [3.8, 4) is 6.07 Å². The van der Waals surface area contributed by atoms with E-state index in [-0.39, 0.29) is 17.1 Å². The zero-order chi connectivity index (χ0) is 25.8. The summed E-state index contributed by atoms with van der Waals surface area (Å²) in [5.74, 6) is 0.461. The van der Waals surface area contributed by atoms with Gasteiger partial charge in [-0.05, 0) is 44.4 Å². The van der Waals surface area contributed by atoms with E-state index in [1.165, 1.54) is 5.56 Å². The van der Waals surface area contributed by atoms with E-state index >= 15 is 0 Å². The van der Waals surface area contributed by atoms with Crippen LogP contribution in [0.25, 0.3) is 0 Å². The minimum absolute atomic E-state index is 0.0864. The molecule has 1 aromatic carbocycles. The molecule has 35 heavy (non-hydrogen) atoms. The van der Waals surface area contributed by atoms with Crippen LogP contribution in [0.4, 0.5) is 5.82 Å². The lowest BCUT2D eigenvalue weighted by Gasteiger charge is -2.34. The quantitative estimate of drug-likeness (QED) is 0.612. The van der Waals surface area contributed by atoms with Gasteiger partial charge in [0, 0.05) is 51.0 Å². The van der Waals surface area contributed by atoms with Gasteiger partial charge in [-0.15, -0.1) is 0 Å². The van der Waals surface area contributed by atoms with E-state index in [0.717, 1.165) is 38.3 Å². The van der Waals surface area contributed by atoms with E-state index < -0.39 is 5.41 Å². The van der Waals surface area contributed by atoms with Crippen LogP contribution in [-0.4, -0.2) is 65.4 Å². The number of amides is 1. The van der Waals surface area contributed by atoms with Crippen LogP contribution in [0.15, 0.2) is 30.3 Å². The molecule has 1 amide bonds. The molecule has 8 heteroatoms. The highest BCUT2D eigenvalue weighted by molar-refractivity contribution is 5.88. The summed E-state index contributed by atoms with van der Waals surface area (Å²) in [6.45, 7) is 17.7. The summed E-state index contributed by atoms with van der Waals surface area (Å²) >= 11 is 0. The summed E-state index contributed by atoms with van der Waals surface area (Å²) in [5, 5.41) is 11.0. The molecule has 0 aliphatic carbocycles. The van der Waals surface area contributed by atoms with Crippen molar-refractivity contribution in [3.63, 3.8) is 0 Å². The van der Waals surface area contributed by atoms with E-state index in [9.17, 15) is 10.1 Å². The summed E-state index contributed by atoms with van der Waals surface area (Å²) in [6, 6.07) is 12.2. The first kappa shape index (κ1) is 26.6. The van der Waals surface area contributed by atoms with Crippen molar-refractivity contribution < 1.29 is 4.79 Å². The average Bonchev–Trinajstić information content (AvgIpc) is 2.79. The number of anilines is 1. The van der Waals surface area contributed by atoms with Gasteiger partial charge in [-0.2, -0.15) is 10.2 Å². The first-order valence-corrected chi connectivity index (χ1v) is 12.2. The highest BCUT2D eigenvalue weighted by atomic mass is 16.2. The third-order valence-corrected chi connectivity index (χ3v) is 6.33. The summed E-state index contributed by atoms with van der Waals surface area (Å²) in [5.41, 5.74) is 5.07. The smallest absolute Gasteiger partial charge is 0.248 e. The number of carbonyl (C=O) groups is 1. The van der Waals surface area contributed by atoms with Gasteiger partial charge in [0.1, 0.15) is 6.07 Å². The number of aromatic nitrogens is 2. The van der Waals surface area contributed by atoms with Crippen molar-refractivity contribution in [1.82, 2.24) is 25.2 Å². The first-order chi connectivity index (χ1) is 16.4. The Balaban J connectivity index is 1.76. The van der Waals surface area contributed by atoms with Crippen LogP contribution >= 0.6 is 0 Å². The topological polar surface area (TPSA) is 88.4 Å². The van der Waals surface area contributed by atoms with Gasteiger partial charge >= 0.3 is 0 Å². The SMILES string of the molecule is Cc1cc(N(CC(C)(C)C)NC(=O)C(C)(C)c2ccc(CN3CCN(C)CC3)cc2)nc(C#N)n1. The zero-order valence-electron chi connectivity index (χ0n) is 22.2. The molecule has 8 nitrogen and oxygen atoms in total. The third kappa shape index (κ3) is 7.23. The number of hydrogen-bond donors (Lipinski definition) is 1. The Kier molecular flexibility index (Phi) is 8.14. The Bertz CT molecular complexity index is 1060. The minimum Gasteiger partial charge on any atom is -0.304 e. The number of aryl methyl sites for hydroxylation is 1. The second kappa shape index (κ2) is 10.7. The molecule has 0 radical (unpaired) electrons. The van der Waals surface area contributed by atoms with E-state index in [0.29, 0.717) is 18.1 Å². The number of nitrogens with one attached hydrogen (secondary N) is 1. The molecule has 1 N–H and O–H groups in total. The first-order valence-electron chi connectivity index (χ1n) is 12.2. The summed E-state index contributed by atoms with van der Waals surface area (Å²) in [4.78, 5) is 26.8. The lowest BCUT2D eigenvalue weighted by atomic mass is 9.83. The predicted octanol–water partition coefficient (Wildman–Crippen LogP) is 3.27. The Morgan fingerprint density at radius 3 is 2.29 bits per heavy atom. The molecule has 3 rings (SSSR count). The zero-order valence-corrected chi connectivity index (χ0v) is 22.2. The number of hydrogen-bond acceptors (Lipinski definition) is 7. The normalized spacial score (nSPS) is 15.5. The maximum absolute atomic E-state index is 13.5. The van der Waals surface area contributed by atoms with Crippen LogP contribution in [0.3, 0.4) is 0 Å². The third-order valence-electron chi connectivity index (χ3n) is 6.33. The van der Waals surface area contributed by atoms with Crippen LogP contribution in [0.5, 0.6) is 0 Å². The van der Waals surface area contributed by atoms with Crippen LogP contribution in [-0.2, 0) is 16.8 Å². The van der Waals surface area contributed by atoms with Crippen molar-refractivity contribution in [2.45, 2.75) is 53.5 Å². The second-order valence-electron chi connectivity index (χ2n) is 11.3. The molecule has 0 spiro atoms. The largest absolute Gasteiger partial charge is 0.304 e. The number of hydrazine groups is 1. The summed E-state index contributed by atoms with van der Waals surface area (Å²) < 4.78 is 0. The van der Waals surface area contributed by atoms with Gasteiger partial charge < -0.3 is 4.90 Å². The monoisotopic (exact) mass is 477 g/mol. The van der Waals surface area contributed by atoms with Gasteiger partial charge in [0.2, 0.25) is 11.7 Å². The fourth-order valence-electron chi connectivity index (χ4n) is 4.08. The number of piperazine rings is 1. The van der Waals surface area contributed by atoms with Gasteiger partial charge in [0.15, 0.2) is 5.82 Å². The number of nitriles is 1. The van der Waals surface area contributed by atoms with E-state index in [4.69, 9.17) is 0 Å². The lowest BCUT2D eigenvalue weighted by Crippen LogP contribution is -2.52. The molecular formula is C27H39N7O. The maximum atomic E-state index is 13.5. The molecule has 1 aliphatic heterocycles. The molecule has 1 saturated heterocycles. The van der Waals surface area contributed by atoms with Crippen molar-refractivity contribution in [2.75, 3.05) is 44.8 Å². The van der Waals surface area contributed by atoms with Gasteiger partial charge in [-0.1, -0.05) is 45.0 Å².